The van der Waals surface area contributed by atoms with Crippen LogP contribution in [0.3, 0.4) is 0 Å². The topological polar surface area (TPSA) is 50.2 Å². The summed E-state index contributed by atoms with van der Waals surface area (Å²) in [4.78, 5) is 15.6. The molecule has 106 valence electrons. The molecule has 1 aromatic heterocycles. The first-order chi connectivity index (χ1) is 10.1. The van der Waals surface area contributed by atoms with Crippen molar-refractivity contribution in [2.75, 3.05) is 0 Å². The van der Waals surface area contributed by atoms with Crippen molar-refractivity contribution >= 4 is 27.5 Å². The molecule has 0 saturated heterocycles. The molecule has 3 aromatic rings. The van der Waals surface area contributed by atoms with Crippen LogP contribution in [0.2, 0.25) is 0 Å². The molecule has 1 heterocycles. The molecule has 0 aliphatic rings. The van der Waals surface area contributed by atoms with E-state index >= 15 is 0 Å². The zero-order valence-corrected chi connectivity index (χ0v) is 12.5. The number of aryl methyl sites for hydroxylation is 3. The molecular weight excluding hydrogens is 282 g/mol. The first kappa shape index (κ1) is 13.8. The van der Waals surface area contributed by atoms with Gasteiger partial charge in [-0.25, -0.2) is 9.78 Å². The lowest BCUT2D eigenvalue weighted by Crippen LogP contribution is -1.94. The Labute approximate surface area is 126 Å². The molecule has 0 radical (unpaired) electrons. The van der Waals surface area contributed by atoms with Crippen molar-refractivity contribution in [2.45, 2.75) is 19.8 Å². The number of nitrogens with zero attached hydrogens (tertiary/aromatic N) is 1. The fraction of sp³-hybridized carbons (Fsp3) is 0.176. The van der Waals surface area contributed by atoms with Crippen molar-refractivity contribution in [3.63, 3.8) is 0 Å². The first-order valence-corrected chi connectivity index (χ1v) is 7.62. The van der Waals surface area contributed by atoms with E-state index in [4.69, 9.17) is 5.11 Å². The van der Waals surface area contributed by atoms with Crippen LogP contribution in [-0.4, -0.2) is 16.1 Å². The molecule has 3 rings (SSSR count). The van der Waals surface area contributed by atoms with Gasteiger partial charge in [0.2, 0.25) is 0 Å². The summed E-state index contributed by atoms with van der Waals surface area (Å²) < 4.78 is 0.940. The number of thiazole rings is 1. The number of rotatable bonds is 4. The van der Waals surface area contributed by atoms with E-state index in [1.165, 1.54) is 11.1 Å². The summed E-state index contributed by atoms with van der Waals surface area (Å²) >= 11 is 1.58. The highest BCUT2D eigenvalue weighted by atomic mass is 32.1. The van der Waals surface area contributed by atoms with Gasteiger partial charge in [0, 0.05) is 6.42 Å². The average molecular weight is 297 g/mol. The van der Waals surface area contributed by atoms with Gasteiger partial charge in [0.15, 0.2) is 0 Å². The summed E-state index contributed by atoms with van der Waals surface area (Å²) in [6.07, 6.45) is 1.84. The predicted molar refractivity (Wildman–Crippen MR) is 85.2 cm³/mol. The predicted octanol–water partition coefficient (Wildman–Crippen LogP) is 4.09. The standard InChI is InChI=1S/C17H15NO2S/c1-11-4-2-3-5-12(11)7-9-16-18-14-8-6-13(17(19)20)10-15(14)21-16/h2-6,8,10H,7,9H2,1H3,(H,19,20). The van der Waals surface area contributed by atoms with E-state index in [0.717, 1.165) is 28.1 Å². The second kappa shape index (κ2) is 5.66. The minimum Gasteiger partial charge on any atom is -0.478 e. The van der Waals surface area contributed by atoms with Crippen LogP contribution in [0.5, 0.6) is 0 Å². The Bertz CT molecular complexity index is 807. The Morgan fingerprint density at radius 1 is 1.19 bits per heavy atom. The summed E-state index contributed by atoms with van der Waals surface area (Å²) in [5.41, 5.74) is 3.83. The molecule has 4 heteroatoms. The largest absolute Gasteiger partial charge is 0.478 e. The number of benzene rings is 2. The number of aromatic nitrogens is 1. The maximum atomic E-state index is 11.0. The van der Waals surface area contributed by atoms with E-state index in [9.17, 15) is 4.79 Å². The third kappa shape index (κ3) is 2.95. The Kier molecular flexibility index (Phi) is 3.71. The Morgan fingerprint density at radius 3 is 2.76 bits per heavy atom. The second-order valence-corrected chi connectivity index (χ2v) is 6.14. The van der Waals surface area contributed by atoms with Crippen molar-refractivity contribution in [2.24, 2.45) is 0 Å². The van der Waals surface area contributed by atoms with E-state index in [2.05, 4.69) is 30.1 Å². The monoisotopic (exact) mass is 297 g/mol. The number of fused-ring (bicyclic) bond motifs is 1. The molecule has 0 aliphatic heterocycles. The van der Waals surface area contributed by atoms with E-state index in [1.807, 2.05) is 6.07 Å². The van der Waals surface area contributed by atoms with Crippen LogP contribution in [0.25, 0.3) is 10.2 Å². The highest BCUT2D eigenvalue weighted by Crippen LogP contribution is 2.24. The smallest absolute Gasteiger partial charge is 0.335 e. The van der Waals surface area contributed by atoms with E-state index in [0.29, 0.717) is 5.56 Å². The van der Waals surface area contributed by atoms with Crippen LogP contribution in [-0.2, 0) is 12.8 Å². The summed E-state index contributed by atoms with van der Waals surface area (Å²) in [7, 11) is 0. The summed E-state index contributed by atoms with van der Waals surface area (Å²) in [5, 5.41) is 10.1. The number of carboxylic acid groups (broad SMARTS) is 1. The quantitative estimate of drug-likeness (QED) is 0.789. The molecule has 0 bridgehead atoms. The van der Waals surface area contributed by atoms with Crippen LogP contribution in [0.4, 0.5) is 0 Å². The van der Waals surface area contributed by atoms with Crippen molar-refractivity contribution < 1.29 is 9.90 Å². The van der Waals surface area contributed by atoms with Gasteiger partial charge in [-0.1, -0.05) is 24.3 Å². The molecule has 2 aromatic carbocycles. The Morgan fingerprint density at radius 2 is 2.00 bits per heavy atom. The van der Waals surface area contributed by atoms with Gasteiger partial charge >= 0.3 is 5.97 Å². The lowest BCUT2D eigenvalue weighted by molar-refractivity contribution is 0.0697. The lowest BCUT2D eigenvalue weighted by atomic mass is 10.0. The molecule has 0 unspecified atom stereocenters. The number of aromatic carboxylic acids is 1. The van der Waals surface area contributed by atoms with Gasteiger partial charge in [-0.05, 0) is 42.7 Å². The highest BCUT2D eigenvalue weighted by molar-refractivity contribution is 7.18. The van der Waals surface area contributed by atoms with Gasteiger partial charge in [-0.2, -0.15) is 0 Å². The molecule has 0 saturated carbocycles. The molecule has 0 aliphatic carbocycles. The molecule has 21 heavy (non-hydrogen) atoms. The van der Waals surface area contributed by atoms with Gasteiger partial charge in [-0.3, -0.25) is 0 Å². The van der Waals surface area contributed by atoms with Gasteiger partial charge in [0.25, 0.3) is 0 Å². The molecular formula is C17H15NO2S. The normalized spacial score (nSPS) is 10.9. The summed E-state index contributed by atoms with van der Waals surface area (Å²) in [6, 6.07) is 13.5. The van der Waals surface area contributed by atoms with Crippen LogP contribution < -0.4 is 0 Å². The minimum atomic E-state index is -0.897. The number of carbonyl (C=O) groups is 1. The van der Waals surface area contributed by atoms with E-state index in [1.54, 1.807) is 29.5 Å². The van der Waals surface area contributed by atoms with Crippen molar-refractivity contribution in [1.82, 2.24) is 4.98 Å². The van der Waals surface area contributed by atoms with Crippen LogP contribution in [0.1, 0.15) is 26.5 Å². The minimum absolute atomic E-state index is 0.316. The highest BCUT2D eigenvalue weighted by Gasteiger charge is 2.08. The van der Waals surface area contributed by atoms with Crippen LogP contribution in [0, 0.1) is 6.92 Å². The zero-order chi connectivity index (χ0) is 14.8. The SMILES string of the molecule is Cc1ccccc1CCc1nc2ccc(C(=O)O)cc2s1. The fourth-order valence-electron chi connectivity index (χ4n) is 2.34. The lowest BCUT2D eigenvalue weighted by Gasteiger charge is -2.03. The second-order valence-electron chi connectivity index (χ2n) is 5.02. The third-order valence-electron chi connectivity index (χ3n) is 3.55. The summed E-state index contributed by atoms with van der Waals surface area (Å²) in [6.45, 7) is 2.12. The fourth-order valence-corrected chi connectivity index (χ4v) is 3.35. The molecule has 3 nitrogen and oxygen atoms in total. The van der Waals surface area contributed by atoms with Crippen LogP contribution >= 0.6 is 11.3 Å². The van der Waals surface area contributed by atoms with Crippen molar-refractivity contribution in [3.8, 4) is 0 Å². The average Bonchev–Trinajstić information content (AvgIpc) is 2.88. The van der Waals surface area contributed by atoms with Gasteiger partial charge in [0.1, 0.15) is 0 Å². The molecule has 0 spiro atoms. The maximum absolute atomic E-state index is 11.0. The number of hydrogen-bond donors (Lipinski definition) is 1. The van der Waals surface area contributed by atoms with Gasteiger partial charge in [-0.15, -0.1) is 11.3 Å². The first-order valence-electron chi connectivity index (χ1n) is 6.81. The van der Waals surface area contributed by atoms with Gasteiger partial charge < -0.3 is 5.11 Å². The van der Waals surface area contributed by atoms with E-state index in [-0.39, 0.29) is 0 Å². The molecule has 0 fully saturated rings. The summed E-state index contributed by atoms with van der Waals surface area (Å²) in [5.74, 6) is -0.897. The maximum Gasteiger partial charge on any atom is 0.335 e. The molecule has 1 N–H and O–H groups in total. The number of hydrogen-bond acceptors (Lipinski definition) is 3. The Hall–Kier alpha value is -2.20. The van der Waals surface area contributed by atoms with Crippen molar-refractivity contribution in [3.05, 3.63) is 64.2 Å². The molecule has 0 atom stereocenters. The van der Waals surface area contributed by atoms with Gasteiger partial charge in [0.05, 0.1) is 20.8 Å². The molecule has 0 amide bonds. The number of carboxylic acids is 1. The van der Waals surface area contributed by atoms with Crippen LogP contribution in [0.15, 0.2) is 42.5 Å². The zero-order valence-electron chi connectivity index (χ0n) is 11.7. The van der Waals surface area contributed by atoms with E-state index < -0.39 is 5.97 Å². The van der Waals surface area contributed by atoms with Crippen molar-refractivity contribution in [1.29, 1.82) is 0 Å². The third-order valence-corrected chi connectivity index (χ3v) is 4.63. The Balaban J connectivity index is 1.82.